The fourth-order valence-corrected chi connectivity index (χ4v) is 3.78. The first-order chi connectivity index (χ1) is 8.29. The highest BCUT2D eigenvalue weighted by Gasteiger charge is 2.19. The summed E-state index contributed by atoms with van der Waals surface area (Å²) >= 11 is 3.84. The van der Waals surface area contributed by atoms with Crippen molar-refractivity contribution in [3.05, 3.63) is 16.1 Å². The predicted octanol–water partition coefficient (Wildman–Crippen LogP) is 2.19. The van der Waals surface area contributed by atoms with E-state index in [2.05, 4.69) is 46.2 Å². The molecule has 0 aliphatic carbocycles. The van der Waals surface area contributed by atoms with Crippen molar-refractivity contribution >= 4 is 23.1 Å². The molecule has 3 nitrogen and oxygen atoms in total. The molecule has 96 valence electrons. The van der Waals surface area contributed by atoms with Gasteiger partial charge in [-0.2, -0.15) is 11.8 Å². The van der Waals surface area contributed by atoms with Crippen LogP contribution in [0.5, 0.6) is 0 Å². The summed E-state index contributed by atoms with van der Waals surface area (Å²) in [5.41, 5.74) is 1.24. The lowest BCUT2D eigenvalue weighted by Crippen LogP contribution is -2.39. The van der Waals surface area contributed by atoms with Gasteiger partial charge in [0.05, 0.1) is 5.69 Å². The van der Waals surface area contributed by atoms with E-state index in [1.165, 1.54) is 28.8 Å². The normalized spacial score (nSPS) is 21.9. The van der Waals surface area contributed by atoms with Crippen molar-refractivity contribution in [1.82, 2.24) is 15.2 Å². The number of aromatic nitrogens is 1. The smallest absolute Gasteiger partial charge is 0.107 e. The van der Waals surface area contributed by atoms with Crippen molar-refractivity contribution in [2.24, 2.45) is 0 Å². The number of rotatable bonds is 5. The molecule has 5 heteroatoms. The van der Waals surface area contributed by atoms with Gasteiger partial charge in [0, 0.05) is 42.6 Å². The Morgan fingerprint density at radius 3 is 3.24 bits per heavy atom. The number of nitrogens with zero attached hydrogens (tertiary/aromatic N) is 2. The molecule has 1 aromatic heterocycles. The van der Waals surface area contributed by atoms with Gasteiger partial charge < -0.3 is 5.32 Å². The van der Waals surface area contributed by atoms with Gasteiger partial charge in [0.1, 0.15) is 5.01 Å². The van der Waals surface area contributed by atoms with Crippen LogP contribution in [0.2, 0.25) is 0 Å². The lowest BCUT2D eigenvalue weighted by Gasteiger charge is -2.32. The van der Waals surface area contributed by atoms with E-state index in [0.717, 1.165) is 19.6 Å². The largest absolute Gasteiger partial charge is 0.311 e. The second-order valence-electron chi connectivity index (χ2n) is 4.41. The van der Waals surface area contributed by atoms with Gasteiger partial charge in [0.15, 0.2) is 0 Å². The lowest BCUT2D eigenvalue weighted by molar-refractivity contribution is 0.221. The summed E-state index contributed by atoms with van der Waals surface area (Å²) in [6, 6.07) is 0.688. The molecule has 1 atom stereocenters. The molecular formula is C12H21N3S2. The van der Waals surface area contributed by atoms with Crippen molar-refractivity contribution in [2.45, 2.75) is 33.0 Å². The summed E-state index contributed by atoms with van der Waals surface area (Å²) < 4.78 is 0. The summed E-state index contributed by atoms with van der Waals surface area (Å²) in [5.74, 6) is 2.52. The third-order valence-electron chi connectivity index (χ3n) is 3.00. The highest BCUT2D eigenvalue weighted by molar-refractivity contribution is 7.99. The maximum atomic E-state index is 4.68. The van der Waals surface area contributed by atoms with Gasteiger partial charge in [-0.05, 0) is 13.5 Å². The SMILES string of the molecule is CCNCc1nc(CN2CCSCC2C)cs1. The molecule has 1 fully saturated rings. The van der Waals surface area contributed by atoms with E-state index < -0.39 is 0 Å². The van der Waals surface area contributed by atoms with Crippen molar-refractivity contribution in [1.29, 1.82) is 0 Å². The van der Waals surface area contributed by atoms with Gasteiger partial charge in [-0.15, -0.1) is 11.3 Å². The zero-order valence-corrected chi connectivity index (χ0v) is 12.2. The van der Waals surface area contributed by atoms with Crippen LogP contribution in [0.1, 0.15) is 24.5 Å². The van der Waals surface area contributed by atoms with Crippen LogP contribution < -0.4 is 5.32 Å². The summed E-state index contributed by atoms with van der Waals surface area (Å²) in [6.45, 7) is 8.58. The van der Waals surface area contributed by atoms with Crippen LogP contribution in [-0.2, 0) is 13.1 Å². The molecule has 1 aliphatic rings. The van der Waals surface area contributed by atoms with E-state index in [1.807, 2.05) is 0 Å². The summed E-state index contributed by atoms with van der Waals surface area (Å²) in [7, 11) is 0. The molecule has 0 bridgehead atoms. The third-order valence-corrected chi connectivity index (χ3v) is 5.08. The van der Waals surface area contributed by atoms with Crippen LogP contribution in [0.25, 0.3) is 0 Å². The molecule has 17 heavy (non-hydrogen) atoms. The first kappa shape index (κ1) is 13.3. The minimum Gasteiger partial charge on any atom is -0.311 e. The zero-order chi connectivity index (χ0) is 12.1. The lowest BCUT2D eigenvalue weighted by atomic mass is 10.3. The molecule has 1 N–H and O–H groups in total. The summed E-state index contributed by atoms with van der Waals surface area (Å²) in [4.78, 5) is 7.23. The van der Waals surface area contributed by atoms with E-state index >= 15 is 0 Å². The molecule has 0 aromatic carbocycles. The Balaban J connectivity index is 1.87. The Labute approximate surface area is 112 Å². The van der Waals surface area contributed by atoms with Crippen molar-refractivity contribution < 1.29 is 0 Å². The minimum atomic E-state index is 0.688. The van der Waals surface area contributed by atoms with Crippen LogP contribution in [0, 0.1) is 0 Å². The number of nitrogens with one attached hydrogen (secondary N) is 1. The van der Waals surface area contributed by atoms with Crippen LogP contribution in [0.4, 0.5) is 0 Å². The van der Waals surface area contributed by atoms with E-state index in [1.54, 1.807) is 11.3 Å². The van der Waals surface area contributed by atoms with Crippen molar-refractivity contribution in [3.63, 3.8) is 0 Å². The molecule has 0 spiro atoms. The van der Waals surface area contributed by atoms with E-state index in [-0.39, 0.29) is 0 Å². The Morgan fingerprint density at radius 2 is 2.47 bits per heavy atom. The number of hydrogen-bond acceptors (Lipinski definition) is 5. The molecule has 1 saturated heterocycles. The maximum absolute atomic E-state index is 4.68. The second-order valence-corrected chi connectivity index (χ2v) is 6.50. The van der Waals surface area contributed by atoms with E-state index in [0.29, 0.717) is 6.04 Å². The van der Waals surface area contributed by atoms with Gasteiger partial charge in [-0.25, -0.2) is 4.98 Å². The van der Waals surface area contributed by atoms with Gasteiger partial charge in [0.2, 0.25) is 0 Å². The molecule has 0 saturated carbocycles. The molecule has 2 heterocycles. The van der Waals surface area contributed by atoms with Gasteiger partial charge >= 0.3 is 0 Å². The monoisotopic (exact) mass is 271 g/mol. The Bertz CT molecular complexity index is 340. The molecule has 0 amide bonds. The fourth-order valence-electron chi connectivity index (χ4n) is 1.94. The van der Waals surface area contributed by atoms with Crippen molar-refractivity contribution in [2.75, 3.05) is 24.6 Å². The zero-order valence-electron chi connectivity index (χ0n) is 10.6. The number of thioether (sulfide) groups is 1. The fraction of sp³-hybridized carbons (Fsp3) is 0.750. The Kier molecular flexibility index (Phi) is 5.28. The molecule has 1 aliphatic heterocycles. The Morgan fingerprint density at radius 1 is 1.59 bits per heavy atom. The first-order valence-corrected chi connectivity index (χ1v) is 8.28. The standard InChI is InChI=1S/C12H21N3S2/c1-3-13-6-12-14-11(9-17-12)7-15-4-5-16-8-10(15)2/h9-10,13H,3-8H2,1-2H3. The van der Waals surface area contributed by atoms with Crippen LogP contribution >= 0.6 is 23.1 Å². The molecule has 1 unspecified atom stereocenters. The minimum absolute atomic E-state index is 0.688. The third kappa shape index (κ3) is 3.95. The quantitative estimate of drug-likeness (QED) is 0.888. The molecular weight excluding hydrogens is 250 g/mol. The molecule has 2 rings (SSSR count). The average molecular weight is 271 g/mol. The summed E-state index contributed by atoms with van der Waals surface area (Å²) in [5, 5.41) is 6.74. The van der Waals surface area contributed by atoms with E-state index in [4.69, 9.17) is 0 Å². The van der Waals surface area contributed by atoms with Crippen molar-refractivity contribution in [3.8, 4) is 0 Å². The topological polar surface area (TPSA) is 28.2 Å². The van der Waals surface area contributed by atoms with E-state index in [9.17, 15) is 0 Å². The van der Waals surface area contributed by atoms with Crippen LogP contribution in [-0.4, -0.2) is 40.5 Å². The highest BCUT2D eigenvalue weighted by atomic mass is 32.2. The van der Waals surface area contributed by atoms with Gasteiger partial charge in [-0.1, -0.05) is 6.92 Å². The van der Waals surface area contributed by atoms with Gasteiger partial charge in [-0.3, -0.25) is 4.90 Å². The Hall–Kier alpha value is -0.100. The van der Waals surface area contributed by atoms with Crippen LogP contribution in [0.3, 0.4) is 0 Å². The number of hydrogen-bond donors (Lipinski definition) is 1. The predicted molar refractivity (Wildman–Crippen MR) is 76.7 cm³/mol. The van der Waals surface area contributed by atoms with Crippen LogP contribution in [0.15, 0.2) is 5.38 Å². The second kappa shape index (κ2) is 6.73. The molecule has 0 radical (unpaired) electrons. The summed E-state index contributed by atoms with van der Waals surface area (Å²) in [6.07, 6.45) is 0. The maximum Gasteiger partial charge on any atom is 0.107 e. The van der Waals surface area contributed by atoms with Gasteiger partial charge in [0.25, 0.3) is 0 Å². The average Bonchev–Trinajstić information content (AvgIpc) is 2.77. The molecule has 1 aromatic rings. The number of thiazole rings is 1. The highest BCUT2D eigenvalue weighted by Crippen LogP contribution is 2.19. The first-order valence-electron chi connectivity index (χ1n) is 6.25.